The Hall–Kier alpha value is -2.98. The van der Waals surface area contributed by atoms with Gasteiger partial charge in [0.05, 0.1) is 18.6 Å². The van der Waals surface area contributed by atoms with Crippen molar-refractivity contribution in [3.63, 3.8) is 0 Å². The predicted octanol–water partition coefficient (Wildman–Crippen LogP) is 4.43. The van der Waals surface area contributed by atoms with Crippen LogP contribution in [-0.2, 0) is 5.75 Å². The van der Waals surface area contributed by atoms with Gasteiger partial charge in [-0.1, -0.05) is 6.07 Å². The Balaban J connectivity index is 1.65. The van der Waals surface area contributed by atoms with Crippen LogP contribution < -0.4 is 16.0 Å². The maximum Gasteiger partial charge on any atom is 0.229 e. The van der Waals surface area contributed by atoms with E-state index in [0.29, 0.717) is 23.6 Å². The summed E-state index contributed by atoms with van der Waals surface area (Å²) in [5.74, 6) is 2.66. The van der Waals surface area contributed by atoms with Gasteiger partial charge in [0.1, 0.15) is 0 Å². The Bertz CT molecular complexity index is 1100. The van der Waals surface area contributed by atoms with Crippen LogP contribution in [0.5, 0.6) is 0 Å². The van der Waals surface area contributed by atoms with Crippen molar-refractivity contribution in [2.24, 2.45) is 4.99 Å². The molecule has 1 aromatic carbocycles. The number of nitrogens with zero attached hydrogens (tertiary/aromatic N) is 4. The molecule has 33 heavy (non-hydrogen) atoms. The van der Waals surface area contributed by atoms with Gasteiger partial charge >= 0.3 is 0 Å². The molecule has 4 N–H and O–H groups in total. The first-order chi connectivity index (χ1) is 15.8. The van der Waals surface area contributed by atoms with Gasteiger partial charge in [0, 0.05) is 34.3 Å². The van der Waals surface area contributed by atoms with Gasteiger partial charge in [-0.25, -0.2) is 15.0 Å². The Labute approximate surface area is 204 Å². The molecule has 0 aliphatic rings. The molecule has 0 unspecified atom stereocenters. The third-order valence-electron chi connectivity index (χ3n) is 4.60. The minimum absolute atomic E-state index is 0.440. The number of aryl methyl sites for hydroxylation is 5. The Morgan fingerprint density at radius 2 is 1.70 bits per heavy atom. The number of aromatic nitrogens is 4. The van der Waals surface area contributed by atoms with Crippen LogP contribution in [0.25, 0.3) is 0 Å². The number of benzene rings is 1. The number of rotatable bonds is 7. The standard InChI is InChI=1S/C23H30N8S2/c1-14-8-15(2)10-19(9-14)29-23(32)31-21(30-22-27-16(3)11-17(4)28-22)24-6-7-33-12-20-18(5)25-13-26-20/h8-11,13H,6-7,12H2,1-5H3,(H,25,26)(H3,24,27,28,29,30,31,32). The Morgan fingerprint density at radius 1 is 1.00 bits per heavy atom. The molecule has 0 saturated heterocycles. The monoisotopic (exact) mass is 482 g/mol. The van der Waals surface area contributed by atoms with E-state index in [1.165, 1.54) is 11.1 Å². The molecule has 3 rings (SSSR count). The second-order valence-corrected chi connectivity index (χ2v) is 9.33. The SMILES string of the molecule is Cc1cc(C)cc(NC(=S)NC(=NCCSCc2nc[nH]c2C)Nc2nc(C)cc(C)n2)c1. The lowest BCUT2D eigenvalue weighted by molar-refractivity contribution is 1.05. The average molecular weight is 483 g/mol. The van der Waals surface area contributed by atoms with Gasteiger partial charge < -0.3 is 15.6 Å². The van der Waals surface area contributed by atoms with E-state index in [4.69, 9.17) is 12.2 Å². The smallest absolute Gasteiger partial charge is 0.229 e. The number of aliphatic imine (C=N–C) groups is 1. The van der Waals surface area contributed by atoms with E-state index in [2.05, 4.69) is 60.8 Å². The number of H-pyrrole nitrogens is 1. The summed E-state index contributed by atoms with van der Waals surface area (Å²) in [4.78, 5) is 21.0. The van der Waals surface area contributed by atoms with Gasteiger partial charge in [-0.15, -0.1) is 0 Å². The van der Waals surface area contributed by atoms with Crippen LogP contribution in [0.15, 0.2) is 35.6 Å². The summed E-state index contributed by atoms with van der Waals surface area (Å²) in [6, 6.07) is 8.14. The van der Waals surface area contributed by atoms with Crippen LogP contribution in [0.2, 0.25) is 0 Å². The molecular formula is C23H30N8S2. The highest BCUT2D eigenvalue weighted by Gasteiger charge is 2.08. The molecule has 2 heterocycles. The van der Waals surface area contributed by atoms with E-state index < -0.39 is 0 Å². The average Bonchev–Trinajstić information content (AvgIpc) is 3.10. The molecule has 0 spiro atoms. The highest BCUT2D eigenvalue weighted by molar-refractivity contribution is 7.98. The van der Waals surface area contributed by atoms with Crippen molar-refractivity contribution >= 4 is 46.7 Å². The molecule has 0 saturated carbocycles. The first-order valence-electron chi connectivity index (χ1n) is 10.6. The minimum atomic E-state index is 0.440. The number of hydrogen-bond acceptors (Lipinski definition) is 6. The number of hydrogen-bond donors (Lipinski definition) is 4. The van der Waals surface area contributed by atoms with Crippen LogP contribution in [0.3, 0.4) is 0 Å². The summed E-state index contributed by atoms with van der Waals surface area (Å²) in [5.41, 5.74) is 7.19. The molecule has 8 nitrogen and oxygen atoms in total. The zero-order valence-corrected chi connectivity index (χ0v) is 21.2. The third-order valence-corrected chi connectivity index (χ3v) is 5.76. The molecule has 0 fully saturated rings. The highest BCUT2D eigenvalue weighted by atomic mass is 32.2. The molecule has 174 valence electrons. The van der Waals surface area contributed by atoms with Gasteiger partial charge in [0.2, 0.25) is 11.9 Å². The summed E-state index contributed by atoms with van der Waals surface area (Å²) in [6.07, 6.45) is 1.73. The van der Waals surface area contributed by atoms with Gasteiger partial charge in [0.25, 0.3) is 0 Å². The lowest BCUT2D eigenvalue weighted by Crippen LogP contribution is -2.39. The largest absolute Gasteiger partial charge is 0.348 e. The van der Waals surface area contributed by atoms with Crippen LogP contribution in [-0.4, -0.2) is 43.3 Å². The van der Waals surface area contributed by atoms with E-state index in [-0.39, 0.29) is 0 Å². The van der Waals surface area contributed by atoms with E-state index in [9.17, 15) is 0 Å². The number of anilines is 2. The van der Waals surface area contributed by atoms with Crippen LogP contribution in [0, 0.1) is 34.6 Å². The first kappa shape index (κ1) is 24.7. The van der Waals surface area contributed by atoms with Crippen LogP contribution in [0.1, 0.15) is 33.9 Å². The van der Waals surface area contributed by atoms with Gasteiger partial charge in [-0.05, 0) is 76.2 Å². The van der Waals surface area contributed by atoms with Crippen molar-refractivity contribution in [2.75, 3.05) is 22.9 Å². The maximum atomic E-state index is 5.54. The first-order valence-corrected chi connectivity index (χ1v) is 12.2. The van der Waals surface area contributed by atoms with E-state index in [1.54, 1.807) is 18.1 Å². The molecule has 0 atom stereocenters. The van der Waals surface area contributed by atoms with Gasteiger partial charge in [-0.3, -0.25) is 10.3 Å². The molecule has 0 aliphatic heterocycles. The Kier molecular flexibility index (Phi) is 8.79. The quantitative estimate of drug-likeness (QED) is 0.170. The number of thioether (sulfide) groups is 1. The van der Waals surface area contributed by atoms with Crippen molar-refractivity contribution in [2.45, 2.75) is 40.4 Å². The van der Waals surface area contributed by atoms with E-state index >= 15 is 0 Å². The number of thiocarbonyl (C=S) groups is 1. The highest BCUT2D eigenvalue weighted by Crippen LogP contribution is 2.14. The zero-order chi connectivity index (χ0) is 23.8. The van der Waals surface area contributed by atoms with Gasteiger partial charge in [0.15, 0.2) is 5.11 Å². The second-order valence-electron chi connectivity index (χ2n) is 7.81. The second kappa shape index (κ2) is 11.8. The van der Waals surface area contributed by atoms with Crippen molar-refractivity contribution in [3.05, 3.63) is 64.5 Å². The van der Waals surface area contributed by atoms with E-state index in [1.807, 2.05) is 39.0 Å². The molecule has 0 bridgehead atoms. The molecule has 10 heteroatoms. The number of imidazole rings is 1. The van der Waals surface area contributed by atoms with Crippen molar-refractivity contribution < 1.29 is 0 Å². The molecule has 0 amide bonds. The van der Waals surface area contributed by atoms with Crippen molar-refractivity contribution in [1.82, 2.24) is 25.3 Å². The lowest BCUT2D eigenvalue weighted by atomic mass is 10.1. The summed E-state index contributed by atoms with van der Waals surface area (Å²) >= 11 is 7.31. The molecule has 0 radical (unpaired) electrons. The number of guanidine groups is 1. The van der Waals surface area contributed by atoms with Crippen LogP contribution in [0.4, 0.5) is 11.6 Å². The molecule has 2 aromatic heterocycles. The lowest BCUT2D eigenvalue weighted by Gasteiger charge is -2.15. The fourth-order valence-electron chi connectivity index (χ4n) is 3.24. The zero-order valence-electron chi connectivity index (χ0n) is 19.6. The Morgan fingerprint density at radius 3 is 2.33 bits per heavy atom. The normalized spacial score (nSPS) is 11.4. The van der Waals surface area contributed by atoms with Crippen molar-refractivity contribution in [3.8, 4) is 0 Å². The van der Waals surface area contributed by atoms with Gasteiger partial charge in [-0.2, -0.15) is 11.8 Å². The van der Waals surface area contributed by atoms with Crippen molar-refractivity contribution in [1.29, 1.82) is 0 Å². The third kappa shape index (κ3) is 8.14. The predicted molar refractivity (Wildman–Crippen MR) is 142 cm³/mol. The fraction of sp³-hybridized carbons (Fsp3) is 0.348. The summed E-state index contributed by atoms with van der Waals surface area (Å²) in [5, 5.41) is 10.0. The van der Waals surface area contributed by atoms with Crippen LogP contribution >= 0.6 is 24.0 Å². The topological polar surface area (TPSA) is 103 Å². The molecular weight excluding hydrogens is 452 g/mol. The number of nitrogens with one attached hydrogen (secondary N) is 4. The maximum absolute atomic E-state index is 5.54. The molecule has 0 aliphatic carbocycles. The fourth-order valence-corrected chi connectivity index (χ4v) is 4.30. The summed E-state index contributed by atoms with van der Waals surface area (Å²) in [7, 11) is 0. The van der Waals surface area contributed by atoms with E-state index in [0.717, 1.165) is 40.0 Å². The minimum Gasteiger partial charge on any atom is -0.348 e. The number of aromatic amines is 1. The summed E-state index contributed by atoms with van der Waals surface area (Å²) < 4.78 is 0. The summed E-state index contributed by atoms with van der Waals surface area (Å²) in [6.45, 7) is 10.6. The molecule has 3 aromatic rings.